The van der Waals surface area contributed by atoms with E-state index in [2.05, 4.69) is 25.8 Å². The van der Waals surface area contributed by atoms with Crippen LogP contribution < -0.4 is 16.4 Å². The van der Waals surface area contributed by atoms with Gasteiger partial charge in [-0.3, -0.25) is 9.78 Å². The molecule has 0 spiro atoms. The van der Waals surface area contributed by atoms with Gasteiger partial charge in [-0.05, 0) is 48.5 Å². The quantitative estimate of drug-likeness (QED) is 0.286. The van der Waals surface area contributed by atoms with Crippen molar-refractivity contribution in [2.75, 3.05) is 16.4 Å². The number of hydrogen-bond donors (Lipinski definition) is 4. The third-order valence-electron chi connectivity index (χ3n) is 4.21. The van der Waals surface area contributed by atoms with Gasteiger partial charge in [0.05, 0.1) is 5.56 Å². The second-order valence-corrected chi connectivity index (χ2v) is 6.30. The van der Waals surface area contributed by atoms with Gasteiger partial charge in [0.15, 0.2) is 0 Å². The molecular weight excluding hydrogens is 382 g/mol. The molecule has 9 nitrogen and oxygen atoms in total. The number of rotatable bonds is 6. The van der Waals surface area contributed by atoms with Crippen molar-refractivity contribution in [2.45, 2.75) is 0 Å². The lowest BCUT2D eigenvalue weighted by molar-refractivity contribution is 0.102. The van der Waals surface area contributed by atoms with Crippen LogP contribution in [0.15, 0.2) is 71.4 Å². The summed E-state index contributed by atoms with van der Waals surface area (Å²) in [6.45, 7) is 0. The van der Waals surface area contributed by atoms with Crippen LogP contribution >= 0.6 is 0 Å². The molecule has 0 fully saturated rings. The highest BCUT2D eigenvalue weighted by Crippen LogP contribution is 2.25. The van der Waals surface area contributed by atoms with E-state index in [9.17, 15) is 4.79 Å². The topological polar surface area (TPSA) is 143 Å². The van der Waals surface area contributed by atoms with E-state index in [1.165, 1.54) is 12.4 Å². The van der Waals surface area contributed by atoms with Gasteiger partial charge in [-0.2, -0.15) is 0 Å². The van der Waals surface area contributed by atoms with E-state index in [-0.39, 0.29) is 17.8 Å². The molecule has 9 heteroatoms. The second-order valence-electron chi connectivity index (χ2n) is 6.30. The van der Waals surface area contributed by atoms with Gasteiger partial charge in [-0.1, -0.05) is 11.2 Å². The Bertz CT molecular complexity index is 1200. The molecule has 0 aliphatic carbocycles. The molecule has 2 aromatic heterocycles. The Labute approximate surface area is 171 Å². The van der Waals surface area contributed by atoms with Gasteiger partial charge in [0, 0.05) is 46.8 Å². The van der Waals surface area contributed by atoms with Crippen molar-refractivity contribution in [3.63, 3.8) is 0 Å². The molecule has 0 aliphatic heterocycles. The molecule has 1 amide bonds. The smallest absolute Gasteiger partial charge is 0.320 e. The molecule has 30 heavy (non-hydrogen) atoms. The Kier molecular flexibility index (Phi) is 5.16. The molecule has 4 rings (SSSR count). The largest absolute Gasteiger partial charge is 0.403 e. The molecular formula is C21H17N7O2. The number of benzene rings is 2. The molecule has 0 aliphatic rings. The molecule has 148 valence electrons. The van der Waals surface area contributed by atoms with Crippen LogP contribution in [0.25, 0.3) is 11.5 Å². The SMILES string of the molecule is N=Cc1cc(Nc2nnc(-c3cccc(NC(=O)c4cccnc4)c3)o2)ccc1N. The third kappa shape index (κ3) is 4.14. The number of hydrogen-bond acceptors (Lipinski definition) is 8. The fourth-order valence-electron chi connectivity index (χ4n) is 2.72. The van der Waals surface area contributed by atoms with E-state index in [0.717, 1.165) is 0 Å². The fourth-order valence-corrected chi connectivity index (χ4v) is 2.72. The number of nitrogens with zero attached hydrogens (tertiary/aromatic N) is 3. The van der Waals surface area contributed by atoms with Crippen LogP contribution in [-0.4, -0.2) is 27.3 Å². The molecule has 2 heterocycles. The number of anilines is 4. The lowest BCUT2D eigenvalue weighted by Crippen LogP contribution is -2.11. The number of aromatic nitrogens is 3. The lowest BCUT2D eigenvalue weighted by atomic mass is 10.2. The number of amides is 1. The number of carbonyl (C=O) groups is 1. The van der Waals surface area contributed by atoms with Crippen molar-refractivity contribution in [1.82, 2.24) is 15.2 Å². The predicted molar refractivity (Wildman–Crippen MR) is 114 cm³/mol. The number of carbonyl (C=O) groups excluding carboxylic acids is 1. The van der Waals surface area contributed by atoms with E-state index in [0.29, 0.717) is 33.8 Å². The Morgan fingerprint density at radius 2 is 1.97 bits per heavy atom. The predicted octanol–water partition coefficient (Wildman–Crippen LogP) is 3.71. The van der Waals surface area contributed by atoms with Crippen LogP contribution in [0, 0.1) is 5.41 Å². The minimum Gasteiger partial charge on any atom is -0.403 e. The summed E-state index contributed by atoms with van der Waals surface area (Å²) in [6.07, 6.45) is 4.27. The summed E-state index contributed by atoms with van der Waals surface area (Å²) < 4.78 is 5.68. The molecule has 4 aromatic rings. The van der Waals surface area contributed by atoms with Gasteiger partial charge in [0.2, 0.25) is 5.89 Å². The van der Waals surface area contributed by atoms with Crippen molar-refractivity contribution in [2.24, 2.45) is 0 Å². The van der Waals surface area contributed by atoms with Gasteiger partial charge >= 0.3 is 6.01 Å². The Morgan fingerprint density at radius 3 is 2.77 bits per heavy atom. The first-order chi connectivity index (χ1) is 14.6. The third-order valence-corrected chi connectivity index (χ3v) is 4.21. The number of nitrogens with one attached hydrogen (secondary N) is 3. The summed E-state index contributed by atoms with van der Waals surface area (Å²) in [4.78, 5) is 16.3. The summed E-state index contributed by atoms with van der Waals surface area (Å²) in [5, 5.41) is 21.2. The van der Waals surface area contributed by atoms with Crippen LogP contribution in [0.2, 0.25) is 0 Å². The Morgan fingerprint density at radius 1 is 1.07 bits per heavy atom. The zero-order valence-electron chi connectivity index (χ0n) is 15.7. The van der Waals surface area contributed by atoms with Crippen LogP contribution in [0.3, 0.4) is 0 Å². The van der Waals surface area contributed by atoms with Crippen LogP contribution in [0.4, 0.5) is 23.1 Å². The van der Waals surface area contributed by atoms with Gasteiger partial charge in [-0.15, -0.1) is 5.10 Å². The zero-order valence-corrected chi connectivity index (χ0v) is 15.7. The monoisotopic (exact) mass is 399 g/mol. The molecule has 0 atom stereocenters. The molecule has 5 N–H and O–H groups in total. The average Bonchev–Trinajstić information content (AvgIpc) is 3.24. The summed E-state index contributed by atoms with van der Waals surface area (Å²) in [7, 11) is 0. The zero-order chi connectivity index (χ0) is 20.9. The second kappa shape index (κ2) is 8.23. The van der Waals surface area contributed by atoms with E-state index in [1.807, 2.05) is 0 Å². The van der Waals surface area contributed by atoms with Crippen LogP contribution in [-0.2, 0) is 0 Å². The number of nitrogens with two attached hydrogens (primary N) is 1. The standard InChI is InChI=1S/C21H17N7O2/c22-11-15-10-17(6-7-18(15)23)26-21-28-27-20(30-21)13-3-1-5-16(9-13)25-19(29)14-4-2-8-24-12-14/h1-12,22H,23H2,(H,25,29)(H,26,28). The first kappa shape index (κ1) is 18.8. The number of nitrogen functional groups attached to an aromatic ring is 1. The Hall–Kier alpha value is -4.53. The Balaban J connectivity index is 1.50. The van der Waals surface area contributed by atoms with Crippen molar-refractivity contribution in [3.05, 3.63) is 78.1 Å². The summed E-state index contributed by atoms with van der Waals surface area (Å²) in [6, 6.07) is 15.8. The molecule has 2 aromatic carbocycles. The van der Waals surface area contributed by atoms with Crippen molar-refractivity contribution < 1.29 is 9.21 Å². The summed E-state index contributed by atoms with van der Waals surface area (Å²) in [5.74, 6) is 0.0242. The maximum absolute atomic E-state index is 12.3. The minimum atomic E-state index is -0.265. The molecule has 0 unspecified atom stereocenters. The van der Waals surface area contributed by atoms with Crippen LogP contribution in [0.1, 0.15) is 15.9 Å². The van der Waals surface area contributed by atoms with E-state index >= 15 is 0 Å². The molecule has 0 saturated carbocycles. The summed E-state index contributed by atoms with van der Waals surface area (Å²) >= 11 is 0. The first-order valence-electron chi connectivity index (χ1n) is 8.95. The van der Waals surface area contributed by atoms with Gasteiger partial charge in [-0.25, -0.2) is 0 Å². The molecule has 0 saturated heterocycles. The van der Waals surface area contributed by atoms with Crippen LogP contribution in [0.5, 0.6) is 0 Å². The van der Waals surface area contributed by atoms with Crippen molar-refractivity contribution in [3.8, 4) is 11.5 Å². The maximum atomic E-state index is 12.3. The van der Waals surface area contributed by atoms with Crippen molar-refractivity contribution in [1.29, 1.82) is 5.41 Å². The highest BCUT2D eigenvalue weighted by Gasteiger charge is 2.11. The lowest BCUT2D eigenvalue weighted by Gasteiger charge is -2.06. The highest BCUT2D eigenvalue weighted by atomic mass is 16.4. The minimum absolute atomic E-state index is 0.190. The normalized spacial score (nSPS) is 10.4. The summed E-state index contributed by atoms with van der Waals surface area (Å²) in [5.41, 5.74) is 9.24. The molecule has 0 bridgehead atoms. The fraction of sp³-hybridized carbons (Fsp3) is 0. The number of pyridine rings is 1. The highest BCUT2D eigenvalue weighted by molar-refractivity contribution is 6.04. The maximum Gasteiger partial charge on any atom is 0.320 e. The van der Waals surface area contributed by atoms with E-state index < -0.39 is 0 Å². The van der Waals surface area contributed by atoms with Crippen molar-refractivity contribution >= 4 is 35.2 Å². The van der Waals surface area contributed by atoms with Gasteiger partial charge < -0.3 is 26.2 Å². The first-order valence-corrected chi connectivity index (χ1v) is 8.95. The van der Waals surface area contributed by atoms with E-state index in [1.54, 1.807) is 60.8 Å². The molecule has 0 radical (unpaired) electrons. The van der Waals surface area contributed by atoms with Gasteiger partial charge in [0.25, 0.3) is 5.91 Å². The van der Waals surface area contributed by atoms with Gasteiger partial charge in [0.1, 0.15) is 0 Å². The average molecular weight is 399 g/mol. The van der Waals surface area contributed by atoms with E-state index in [4.69, 9.17) is 15.6 Å².